The fourth-order valence-electron chi connectivity index (χ4n) is 3.69. The number of benzene rings is 1. The number of hydrogen-bond donors (Lipinski definition) is 2. The number of anilines is 1. The number of H-pyrrole nitrogens is 1. The highest BCUT2D eigenvalue weighted by atomic mass is 16.2. The zero-order chi connectivity index (χ0) is 18.0. The molecule has 25 heavy (non-hydrogen) atoms. The Morgan fingerprint density at radius 1 is 1.12 bits per heavy atom. The minimum absolute atomic E-state index is 0.0422. The molecule has 1 aromatic heterocycles. The molecule has 1 fully saturated rings. The van der Waals surface area contributed by atoms with Crippen molar-refractivity contribution in [3.8, 4) is 0 Å². The van der Waals surface area contributed by atoms with Gasteiger partial charge in [-0.05, 0) is 62.3 Å². The summed E-state index contributed by atoms with van der Waals surface area (Å²) in [6, 6.07) is 7.75. The Kier molecular flexibility index (Phi) is 4.93. The van der Waals surface area contributed by atoms with Crippen molar-refractivity contribution in [1.82, 2.24) is 9.88 Å². The van der Waals surface area contributed by atoms with Gasteiger partial charge in [0, 0.05) is 31.0 Å². The summed E-state index contributed by atoms with van der Waals surface area (Å²) in [4.78, 5) is 28.6. The van der Waals surface area contributed by atoms with Crippen molar-refractivity contribution < 1.29 is 4.79 Å². The van der Waals surface area contributed by atoms with Crippen LogP contribution in [0.1, 0.15) is 41.0 Å². The number of carbonyl (C=O) groups excluding carboxylic acids is 1. The molecule has 1 aromatic carbocycles. The first-order valence-electron chi connectivity index (χ1n) is 8.76. The molecular formula is C20H25N3O2. The summed E-state index contributed by atoms with van der Waals surface area (Å²) in [5, 5.41) is 3.07. The molecule has 0 radical (unpaired) electrons. The van der Waals surface area contributed by atoms with Gasteiger partial charge in [-0.15, -0.1) is 0 Å². The van der Waals surface area contributed by atoms with Gasteiger partial charge < -0.3 is 15.2 Å². The number of urea groups is 1. The first kappa shape index (κ1) is 17.3. The molecule has 0 spiro atoms. The molecule has 1 aliphatic heterocycles. The number of aryl methyl sites for hydroxylation is 3. The summed E-state index contributed by atoms with van der Waals surface area (Å²) in [5.41, 5.74) is 5.28. The zero-order valence-corrected chi connectivity index (χ0v) is 15.1. The number of carbonyl (C=O) groups is 1. The first-order valence-corrected chi connectivity index (χ1v) is 8.76. The Hall–Kier alpha value is -2.56. The van der Waals surface area contributed by atoms with Gasteiger partial charge in [-0.2, -0.15) is 0 Å². The maximum atomic E-state index is 12.6. The lowest BCUT2D eigenvalue weighted by Crippen LogP contribution is -2.40. The standard InChI is InChI=1S/C20H25N3O2/c1-13-10-14(2)19(15(3)11-13)22-20(25)23-8-5-16(6-9-23)17-4-7-21-18(24)12-17/h4,7,10-12,16H,5-6,8-9H2,1-3H3,(H,21,24)(H,22,25). The Balaban J connectivity index is 1.63. The second-order valence-electron chi connectivity index (χ2n) is 6.95. The van der Waals surface area contributed by atoms with E-state index in [4.69, 9.17) is 0 Å². The quantitative estimate of drug-likeness (QED) is 0.876. The molecule has 2 aromatic rings. The number of nitrogens with one attached hydrogen (secondary N) is 2. The summed E-state index contributed by atoms with van der Waals surface area (Å²) in [6.07, 6.45) is 3.45. The van der Waals surface area contributed by atoms with Gasteiger partial charge in [-0.1, -0.05) is 17.7 Å². The van der Waals surface area contributed by atoms with Gasteiger partial charge in [0.1, 0.15) is 0 Å². The number of pyridine rings is 1. The summed E-state index contributed by atoms with van der Waals surface area (Å²) in [7, 11) is 0. The van der Waals surface area contributed by atoms with Gasteiger partial charge in [-0.25, -0.2) is 4.79 Å². The van der Waals surface area contributed by atoms with Crippen LogP contribution in [0.4, 0.5) is 10.5 Å². The molecule has 0 bridgehead atoms. The number of rotatable bonds is 2. The molecule has 0 atom stereocenters. The lowest BCUT2D eigenvalue weighted by atomic mass is 9.90. The van der Waals surface area contributed by atoms with E-state index in [0.717, 1.165) is 35.2 Å². The van der Waals surface area contributed by atoms with Gasteiger partial charge >= 0.3 is 6.03 Å². The smallest absolute Gasteiger partial charge is 0.321 e. The van der Waals surface area contributed by atoms with Gasteiger partial charge in [0.05, 0.1) is 0 Å². The van der Waals surface area contributed by atoms with Crippen LogP contribution in [0.5, 0.6) is 0 Å². The largest absolute Gasteiger partial charge is 0.329 e. The second-order valence-corrected chi connectivity index (χ2v) is 6.95. The number of aromatic amines is 1. The Morgan fingerprint density at radius 3 is 2.36 bits per heavy atom. The predicted octanol–water partition coefficient (Wildman–Crippen LogP) is 3.71. The molecule has 1 aliphatic rings. The highest BCUT2D eigenvalue weighted by Crippen LogP contribution is 2.28. The SMILES string of the molecule is Cc1cc(C)c(NC(=O)N2CCC(c3cc[nH]c(=O)c3)CC2)c(C)c1. The third-order valence-electron chi connectivity index (χ3n) is 4.96. The first-order chi connectivity index (χ1) is 11.9. The van der Waals surface area contributed by atoms with Crippen LogP contribution in [0.25, 0.3) is 0 Å². The third kappa shape index (κ3) is 3.92. The molecule has 0 saturated carbocycles. The molecule has 1 saturated heterocycles. The molecule has 5 heteroatoms. The van der Waals surface area contributed by atoms with Crippen LogP contribution in [0.15, 0.2) is 35.3 Å². The average Bonchev–Trinajstić information content (AvgIpc) is 2.58. The molecule has 3 rings (SSSR count). The van der Waals surface area contributed by atoms with E-state index in [-0.39, 0.29) is 11.6 Å². The minimum Gasteiger partial charge on any atom is -0.329 e. The number of amides is 2. The molecule has 2 heterocycles. The van der Waals surface area contributed by atoms with Crippen molar-refractivity contribution in [3.63, 3.8) is 0 Å². The van der Waals surface area contributed by atoms with Gasteiger partial charge in [-0.3, -0.25) is 4.79 Å². The van der Waals surface area contributed by atoms with Gasteiger partial charge in [0.2, 0.25) is 5.56 Å². The number of aromatic nitrogens is 1. The van der Waals surface area contributed by atoms with E-state index in [2.05, 4.69) is 29.4 Å². The maximum Gasteiger partial charge on any atom is 0.321 e. The molecule has 2 N–H and O–H groups in total. The van der Waals surface area contributed by atoms with E-state index < -0.39 is 0 Å². The van der Waals surface area contributed by atoms with Crippen LogP contribution in [-0.4, -0.2) is 29.0 Å². The van der Waals surface area contributed by atoms with E-state index in [1.807, 2.05) is 24.8 Å². The van der Waals surface area contributed by atoms with E-state index in [9.17, 15) is 9.59 Å². The number of hydrogen-bond acceptors (Lipinski definition) is 2. The van der Waals surface area contributed by atoms with Crippen molar-refractivity contribution >= 4 is 11.7 Å². The number of nitrogens with zero attached hydrogens (tertiary/aromatic N) is 1. The van der Waals surface area contributed by atoms with E-state index in [0.29, 0.717) is 19.0 Å². The normalized spacial score (nSPS) is 15.2. The van der Waals surface area contributed by atoms with Crippen LogP contribution >= 0.6 is 0 Å². The van der Waals surface area contributed by atoms with Crippen LogP contribution in [0, 0.1) is 20.8 Å². The van der Waals surface area contributed by atoms with E-state index >= 15 is 0 Å². The average molecular weight is 339 g/mol. The molecule has 2 amide bonds. The van der Waals surface area contributed by atoms with Crippen molar-refractivity contribution in [2.45, 2.75) is 39.5 Å². The van der Waals surface area contributed by atoms with E-state index in [1.54, 1.807) is 12.3 Å². The van der Waals surface area contributed by atoms with Crippen molar-refractivity contribution in [2.24, 2.45) is 0 Å². The number of likely N-dealkylation sites (tertiary alicyclic amines) is 1. The van der Waals surface area contributed by atoms with Crippen LogP contribution in [-0.2, 0) is 0 Å². The topological polar surface area (TPSA) is 65.2 Å². The molecule has 132 valence electrons. The van der Waals surface area contributed by atoms with Crippen molar-refractivity contribution in [2.75, 3.05) is 18.4 Å². The molecular weight excluding hydrogens is 314 g/mol. The lowest BCUT2D eigenvalue weighted by molar-refractivity contribution is 0.194. The Bertz CT molecular complexity index is 810. The Morgan fingerprint density at radius 2 is 1.76 bits per heavy atom. The maximum absolute atomic E-state index is 12.6. The zero-order valence-electron chi connectivity index (χ0n) is 15.1. The minimum atomic E-state index is -0.0667. The van der Waals surface area contributed by atoms with Crippen LogP contribution < -0.4 is 10.9 Å². The summed E-state index contributed by atoms with van der Waals surface area (Å²) in [5.74, 6) is 0.342. The van der Waals surface area contributed by atoms with Crippen molar-refractivity contribution in [3.05, 3.63) is 63.1 Å². The van der Waals surface area contributed by atoms with Crippen LogP contribution in [0.3, 0.4) is 0 Å². The fourth-order valence-corrected chi connectivity index (χ4v) is 3.69. The van der Waals surface area contributed by atoms with Gasteiger partial charge in [0.15, 0.2) is 0 Å². The Labute approximate surface area is 148 Å². The highest BCUT2D eigenvalue weighted by Gasteiger charge is 2.24. The second kappa shape index (κ2) is 7.13. The van der Waals surface area contributed by atoms with Crippen molar-refractivity contribution in [1.29, 1.82) is 0 Å². The van der Waals surface area contributed by atoms with Gasteiger partial charge in [0.25, 0.3) is 0 Å². The fraction of sp³-hybridized carbons (Fsp3) is 0.400. The number of piperidine rings is 1. The predicted molar refractivity (Wildman–Crippen MR) is 100 cm³/mol. The van der Waals surface area contributed by atoms with Crippen LogP contribution in [0.2, 0.25) is 0 Å². The molecule has 0 unspecified atom stereocenters. The lowest BCUT2D eigenvalue weighted by Gasteiger charge is -2.32. The monoisotopic (exact) mass is 339 g/mol. The molecule has 0 aliphatic carbocycles. The summed E-state index contributed by atoms with van der Waals surface area (Å²) >= 11 is 0. The highest BCUT2D eigenvalue weighted by molar-refractivity contribution is 5.91. The summed E-state index contributed by atoms with van der Waals surface area (Å²) in [6.45, 7) is 7.51. The third-order valence-corrected chi connectivity index (χ3v) is 4.96. The van der Waals surface area contributed by atoms with E-state index in [1.165, 1.54) is 5.56 Å². The molecule has 5 nitrogen and oxygen atoms in total. The summed E-state index contributed by atoms with van der Waals surface area (Å²) < 4.78 is 0.